The Bertz CT molecular complexity index is 740. The summed E-state index contributed by atoms with van der Waals surface area (Å²) in [6, 6.07) is 18.6. The highest BCUT2D eigenvalue weighted by atomic mass is 16.5. The molecule has 1 heterocycles. The number of amides is 1. The summed E-state index contributed by atoms with van der Waals surface area (Å²) in [4.78, 5) is 14.7. The van der Waals surface area contributed by atoms with E-state index in [1.165, 1.54) is 5.56 Å². The van der Waals surface area contributed by atoms with Crippen molar-refractivity contribution in [3.63, 3.8) is 0 Å². The first-order valence-corrected chi connectivity index (χ1v) is 10.6. The zero-order chi connectivity index (χ0) is 20.5. The maximum atomic E-state index is 12.3. The molecule has 1 N–H and O–H groups in total. The zero-order valence-corrected chi connectivity index (χ0v) is 17.5. The van der Waals surface area contributed by atoms with E-state index in [1.807, 2.05) is 24.3 Å². The van der Waals surface area contributed by atoms with E-state index in [0.717, 1.165) is 38.1 Å². The van der Waals surface area contributed by atoms with Crippen LogP contribution >= 0.6 is 0 Å². The highest BCUT2D eigenvalue weighted by Crippen LogP contribution is 2.24. The fraction of sp³-hybridized carbons (Fsp3) is 0.458. The summed E-state index contributed by atoms with van der Waals surface area (Å²) in [5.41, 5.74) is 1.34. The van der Waals surface area contributed by atoms with Crippen LogP contribution < -0.4 is 14.8 Å². The average Bonchev–Trinajstić information content (AvgIpc) is 2.77. The monoisotopic (exact) mass is 396 g/mol. The Hall–Kier alpha value is -2.53. The molecule has 0 aliphatic carbocycles. The molecule has 156 valence electrons. The summed E-state index contributed by atoms with van der Waals surface area (Å²) in [5, 5.41) is 3.11. The Morgan fingerprint density at radius 1 is 1.03 bits per heavy atom. The molecule has 2 aromatic rings. The molecule has 0 bridgehead atoms. The lowest BCUT2D eigenvalue weighted by atomic mass is 10.00. The van der Waals surface area contributed by atoms with Gasteiger partial charge in [0.1, 0.15) is 11.5 Å². The van der Waals surface area contributed by atoms with Gasteiger partial charge in [0, 0.05) is 25.2 Å². The van der Waals surface area contributed by atoms with E-state index in [9.17, 15) is 4.79 Å². The van der Waals surface area contributed by atoms with Crippen LogP contribution in [0.25, 0.3) is 0 Å². The molecule has 5 heteroatoms. The van der Waals surface area contributed by atoms with Gasteiger partial charge in [-0.2, -0.15) is 0 Å². The number of rotatable bonds is 9. The third-order valence-electron chi connectivity index (χ3n) is 5.39. The number of carbonyl (C=O) groups excluding carboxylic acids is 1. The molecular formula is C24H32N2O3. The van der Waals surface area contributed by atoms with Crippen molar-refractivity contribution in [1.82, 2.24) is 10.2 Å². The first-order chi connectivity index (χ1) is 14.2. The van der Waals surface area contributed by atoms with Gasteiger partial charge in [-0.1, -0.05) is 37.3 Å². The number of ether oxygens (including phenoxy) is 2. The first-order valence-electron chi connectivity index (χ1n) is 10.6. The van der Waals surface area contributed by atoms with Gasteiger partial charge in [-0.05, 0) is 56.0 Å². The van der Waals surface area contributed by atoms with Crippen LogP contribution in [0, 0.1) is 0 Å². The van der Waals surface area contributed by atoms with E-state index in [-0.39, 0.29) is 18.6 Å². The summed E-state index contributed by atoms with van der Waals surface area (Å²) < 4.78 is 11.2. The molecule has 0 aromatic heterocycles. The lowest BCUT2D eigenvalue weighted by Crippen LogP contribution is -2.46. The number of hydrogen-bond acceptors (Lipinski definition) is 4. The number of likely N-dealkylation sites (tertiary alicyclic amines) is 1. The predicted molar refractivity (Wildman–Crippen MR) is 115 cm³/mol. The van der Waals surface area contributed by atoms with Crippen LogP contribution in [0.15, 0.2) is 54.6 Å². The van der Waals surface area contributed by atoms with Crippen molar-refractivity contribution in [2.75, 3.05) is 26.3 Å². The number of nitrogens with zero attached hydrogens (tertiary/aromatic N) is 1. The third-order valence-corrected chi connectivity index (χ3v) is 5.39. The van der Waals surface area contributed by atoms with E-state index < -0.39 is 0 Å². The van der Waals surface area contributed by atoms with Gasteiger partial charge in [0.25, 0.3) is 5.91 Å². The molecular weight excluding hydrogens is 364 g/mol. The summed E-state index contributed by atoms with van der Waals surface area (Å²) in [6.07, 6.45) is 2.90. The Balaban J connectivity index is 1.37. The van der Waals surface area contributed by atoms with E-state index in [2.05, 4.69) is 54.4 Å². The van der Waals surface area contributed by atoms with Crippen molar-refractivity contribution in [3.05, 3.63) is 60.2 Å². The van der Waals surface area contributed by atoms with Gasteiger partial charge in [-0.15, -0.1) is 0 Å². The molecule has 0 radical (unpaired) electrons. The molecule has 1 atom stereocenters. The van der Waals surface area contributed by atoms with Crippen molar-refractivity contribution in [2.45, 2.75) is 45.2 Å². The van der Waals surface area contributed by atoms with Crippen molar-refractivity contribution in [2.24, 2.45) is 0 Å². The molecule has 0 spiro atoms. The first kappa shape index (κ1) is 21.2. The maximum absolute atomic E-state index is 12.3. The topological polar surface area (TPSA) is 50.8 Å². The average molecular weight is 397 g/mol. The molecule has 1 amide bonds. The molecule has 1 saturated heterocycles. The van der Waals surface area contributed by atoms with Gasteiger partial charge >= 0.3 is 0 Å². The molecule has 2 aromatic carbocycles. The van der Waals surface area contributed by atoms with E-state index in [4.69, 9.17) is 9.47 Å². The Morgan fingerprint density at radius 3 is 2.28 bits per heavy atom. The molecule has 3 rings (SSSR count). The smallest absolute Gasteiger partial charge is 0.258 e. The Morgan fingerprint density at radius 2 is 1.66 bits per heavy atom. The van der Waals surface area contributed by atoms with Crippen LogP contribution in [-0.2, 0) is 4.79 Å². The van der Waals surface area contributed by atoms with Crippen molar-refractivity contribution in [3.8, 4) is 11.5 Å². The molecule has 1 aliphatic rings. The van der Waals surface area contributed by atoms with Crippen LogP contribution in [-0.4, -0.2) is 43.2 Å². The molecule has 0 saturated carbocycles. The second-order valence-corrected chi connectivity index (χ2v) is 7.57. The summed E-state index contributed by atoms with van der Waals surface area (Å²) in [7, 11) is 0. The van der Waals surface area contributed by atoms with Crippen molar-refractivity contribution in [1.29, 1.82) is 0 Å². The largest absolute Gasteiger partial charge is 0.494 e. The Kier molecular flexibility index (Phi) is 7.94. The van der Waals surface area contributed by atoms with Crippen LogP contribution in [0.5, 0.6) is 11.5 Å². The second kappa shape index (κ2) is 10.9. The minimum absolute atomic E-state index is 0.0375. The number of carbonyl (C=O) groups is 1. The number of piperidine rings is 1. The minimum atomic E-state index is -0.0640. The van der Waals surface area contributed by atoms with Crippen LogP contribution in [0.4, 0.5) is 0 Å². The van der Waals surface area contributed by atoms with E-state index in [0.29, 0.717) is 18.4 Å². The lowest BCUT2D eigenvalue weighted by molar-refractivity contribution is -0.124. The van der Waals surface area contributed by atoms with Crippen molar-refractivity contribution >= 4 is 5.91 Å². The van der Waals surface area contributed by atoms with Gasteiger partial charge in [0.15, 0.2) is 6.61 Å². The zero-order valence-electron chi connectivity index (χ0n) is 17.5. The van der Waals surface area contributed by atoms with Crippen LogP contribution in [0.3, 0.4) is 0 Å². The summed E-state index contributed by atoms with van der Waals surface area (Å²) in [5.74, 6) is 1.43. The number of hydrogen-bond donors (Lipinski definition) is 1. The number of nitrogens with one attached hydrogen (secondary N) is 1. The van der Waals surface area contributed by atoms with Gasteiger partial charge in [-0.25, -0.2) is 0 Å². The second-order valence-electron chi connectivity index (χ2n) is 7.57. The minimum Gasteiger partial charge on any atom is -0.494 e. The normalized spacial score (nSPS) is 16.2. The molecule has 5 nitrogen and oxygen atoms in total. The fourth-order valence-corrected chi connectivity index (χ4v) is 3.64. The van der Waals surface area contributed by atoms with E-state index in [1.54, 1.807) is 0 Å². The summed E-state index contributed by atoms with van der Waals surface area (Å²) in [6.45, 7) is 7.04. The van der Waals surface area contributed by atoms with Gasteiger partial charge < -0.3 is 14.8 Å². The highest BCUT2D eigenvalue weighted by Gasteiger charge is 2.24. The highest BCUT2D eigenvalue weighted by molar-refractivity contribution is 5.77. The van der Waals surface area contributed by atoms with Crippen molar-refractivity contribution < 1.29 is 14.3 Å². The van der Waals surface area contributed by atoms with Crippen LogP contribution in [0.2, 0.25) is 0 Å². The quantitative estimate of drug-likeness (QED) is 0.690. The maximum Gasteiger partial charge on any atom is 0.258 e. The standard InChI is InChI=1S/C24H32N2O3/c1-3-17-28-22-9-11-23(12-10-22)29-18-24(27)25-21-13-15-26(16-14-21)19(2)20-7-5-4-6-8-20/h4-12,19,21H,3,13-18H2,1-2H3,(H,25,27)/t19-/m1/s1. The van der Waals surface area contributed by atoms with E-state index >= 15 is 0 Å². The number of benzene rings is 2. The SMILES string of the molecule is CCCOc1ccc(OCC(=O)NC2CCN([C@H](C)c3ccccc3)CC2)cc1. The molecule has 0 unspecified atom stereocenters. The fourth-order valence-electron chi connectivity index (χ4n) is 3.64. The Labute approximate surface area is 174 Å². The lowest BCUT2D eigenvalue weighted by Gasteiger charge is -2.36. The predicted octanol–water partition coefficient (Wildman–Crippen LogP) is 4.20. The van der Waals surface area contributed by atoms with Gasteiger partial charge in [0.2, 0.25) is 0 Å². The van der Waals surface area contributed by atoms with Gasteiger partial charge in [-0.3, -0.25) is 9.69 Å². The van der Waals surface area contributed by atoms with Gasteiger partial charge in [0.05, 0.1) is 6.61 Å². The molecule has 29 heavy (non-hydrogen) atoms. The molecule has 1 fully saturated rings. The third kappa shape index (κ3) is 6.50. The molecule has 1 aliphatic heterocycles. The summed E-state index contributed by atoms with van der Waals surface area (Å²) >= 11 is 0. The van der Waals surface area contributed by atoms with Crippen LogP contribution in [0.1, 0.15) is 44.7 Å².